The number of ether oxygens (including phenoxy) is 2. The smallest absolute Gasteiger partial charge is 0.277 e. The topological polar surface area (TPSA) is 62.3 Å². The van der Waals surface area contributed by atoms with E-state index in [1.54, 1.807) is 14.2 Å². The average Bonchev–Trinajstić information content (AvgIpc) is 3.09. The van der Waals surface area contributed by atoms with Gasteiger partial charge in [-0.25, -0.2) is 0 Å². The van der Waals surface area contributed by atoms with Crippen molar-refractivity contribution in [1.29, 1.82) is 0 Å². The van der Waals surface area contributed by atoms with Crippen LogP contribution in [0, 0.1) is 6.92 Å². The standard InChI is InChI=1S/C26H31N3O4/c1-19-9-11-20(12-10-19)23-24(26(31)29(25(23)30)13-6-18-32-2)28-16-14-27(15-17-28)21-7-4-5-8-22(21)33-3/h4-5,7-12H,6,13-18H2,1-3H3. The van der Waals surface area contributed by atoms with Crippen LogP contribution >= 0.6 is 0 Å². The van der Waals surface area contributed by atoms with E-state index in [9.17, 15) is 9.59 Å². The molecule has 174 valence electrons. The molecule has 0 unspecified atom stereocenters. The SMILES string of the molecule is COCCCN1C(=O)C(c2ccc(C)cc2)=C(N2CCN(c3ccccc3OC)CC2)C1=O. The Morgan fingerprint density at radius 2 is 1.52 bits per heavy atom. The molecule has 2 aromatic carbocycles. The summed E-state index contributed by atoms with van der Waals surface area (Å²) in [6, 6.07) is 15.8. The maximum Gasteiger partial charge on any atom is 0.277 e. The number of hydrogen-bond acceptors (Lipinski definition) is 6. The number of para-hydroxylation sites is 2. The molecule has 2 heterocycles. The fourth-order valence-electron chi connectivity index (χ4n) is 4.47. The van der Waals surface area contributed by atoms with E-state index in [4.69, 9.17) is 9.47 Å². The molecule has 0 bridgehead atoms. The summed E-state index contributed by atoms with van der Waals surface area (Å²) in [6.07, 6.45) is 0.615. The Bertz CT molecular complexity index is 1040. The number of piperazine rings is 1. The summed E-state index contributed by atoms with van der Waals surface area (Å²) in [7, 11) is 3.30. The summed E-state index contributed by atoms with van der Waals surface area (Å²) in [5.41, 5.74) is 3.96. The molecule has 0 aromatic heterocycles. The van der Waals surface area contributed by atoms with Crippen LogP contribution in [0.5, 0.6) is 5.75 Å². The fourth-order valence-corrected chi connectivity index (χ4v) is 4.47. The van der Waals surface area contributed by atoms with Crippen LogP contribution in [0.25, 0.3) is 5.57 Å². The van der Waals surface area contributed by atoms with E-state index < -0.39 is 0 Å². The molecular weight excluding hydrogens is 418 g/mol. The molecule has 0 aliphatic carbocycles. The number of amides is 2. The number of carbonyl (C=O) groups excluding carboxylic acids is 2. The quantitative estimate of drug-likeness (QED) is 0.456. The van der Waals surface area contributed by atoms with Crippen molar-refractivity contribution in [2.24, 2.45) is 0 Å². The lowest BCUT2D eigenvalue weighted by atomic mass is 10.0. The third-order valence-electron chi connectivity index (χ3n) is 6.24. The van der Waals surface area contributed by atoms with Crippen molar-refractivity contribution in [3.63, 3.8) is 0 Å². The van der Waals surface area contributed by atoms with Crippen LogP contribution in [0.2, 0.25) is 0 Å². The van der Waals surface area contributed by atoms with Gasteiger partial charge >= 0.3 is 0 Å². The lowest BCUT2D eigenvalue weighted by Gasteiger charge is -2.38. The lowest BCUT2D eigenvalue weighted by Crippen LogP contribution is -2.47. The lowest BCUT2D eigenvalue weighted by molar-refractivity contribution is -0.137. The number of carbonyl (C=O) groups is 2. The highest BCUT2D eigenvalue weighted by molar-refractivity contribution is 6.35. The van der Waals surface area contributed by atoms with E-state index >= 15 is 0 Å². The van der Waals surface area contributed by atoms with E-state index in [0.29, 0.717) is 43.9 Å². The largest absolute Gasteiger partial charge is 0.495 e. The van der Waals surface area contributed by atoms with Crippen LogP contribution in [-0.2, 0) is 14.3 Å². The third-order valence-corrected chi connectivity index (χ3v) is 6.24. The number of aryl methyl sites for hydroxylation is 1. The van der Waals surface area contributed by atoms with E-state index in [2.05, 4.69) is 9.80 Å². The number of benzene rings is 2. The van der Waals surface area contributed by atoms with Gasteiger partial charge < -0.3 is 19.3 Å². The van der Waals surface area contributed by atoms with Gasteiger partial charge in [0.05, 0.1) is 18.4 Å². The van der Waals surface area contributed by atoms with Crippen molar-refractivity contribution in [3.05, 3.63) is 65.4 Å². The zero-order valence-corrected chi connectivity index (χ0v) is 19.5. The minimum Gasteiger partial charge on any atom is -0.495 e. The molecule has 2 aromatic rings. The van der Waals surface area contributed by atoms with Gasteiger partial charge in [0.25, 0.3) is 11.8 Å². The number of methoxy groups -OCH3 is 2. The first kappa shape index (κ1) is 22.9. The number of imide groups is 1. The van der Waals surface area contributed by atoms with Gasteiger partial charge in [0, 0.05) is 46.4 Å². The Balaban J connectivity index is 1.60. The van der Waals surface area contributed by atoms with Crippen molar-refractivity contribution < 1.29 is 19.1 Å². The van der Waals surface area contributed by atoms with Gasteiger partial charge in [-0.05, 0) is 31.0 Å². The molecule has 0 N–H and O–H groups in total. The zero-order valence-electron chi connectivity index (χ0n) is 19.5. The van der Waals surface area contributed by atoms with Gasteiger partial charge in [-0.1, -0.05) is 42.0 Å². The summed E-state index contributed by atoms with van der Waals surface area (Å²) >= 11 is 0. The molecule has 7 heteroatoms. The minimum atomic E-state index is -0.220. The van der Waals surface area contributed by atoms with Crippen LogP contribution in [0.1, 0.15) is 17.5 Å². The van der Waals surface area contributed by atoms with Crippen molar-refractivity contribution in [2.45, 2.75) is 13.3 Å². The third kappa shape index (κ3) is 4.59. The minimum absolute atomic E-state index is 0.211. The van der Waals surface area contributed by atoms with Gasteiger partial charge in [0.1, 0.15) is 11.4 Å². The van der Waals surface area contributed by atoms with Gasteiger partial charge in [-0.3, -0.25) is 14.5 Å². The maximum absolute atomic E-state index is 13.4. The number of nitrogens with zero attached hydrogens (tertiary/aromatic N) is 3. The monoisotopic (exact) mass is 449 g/mol. The summed E-state index contributed by atoms with van der Waals surface area (Å²) in [6.45, 7) is 5.62. The molecule has 1 fully saturated rings. The second kappa shape index (κ2) is 10.1. The highest BCUT2D eigenvalue weighted by atomic mass is 16.5. The molecular formula is C26H31N3O4. The molecule has 33 heavy (non-hydrogen) atoms. The molecule has 0 atom stereocenters. The van der Waals surface area contributed by atoms with Crippen molar-refractivity contribution in [2.75, 3.05) is 58.5 Å². The summed E-state index contributed by atoms with van der Waals surface area (Å²) in [5, 5.41) is 0. The summed E-state index contributed by atoms with van der Waals surface area (Å²) < 4.78 is 10.6. The van der Waals surface area contributed by atoms with E-state index in [1.807, 2.05) is 55.5 Å². The molecule has 2 aliphatic heterocycles. The number of rotatable bonds is 8. The van der Waals surface area contributed by atoms with Crippen LogP contribution in [0.3, 0.4) is 0 Å². The van der Waals surface area contributed by atoms with Crippen LogP contribution < -0.4 is 9.64 Å². The van der Waals surface area contributed by atoms with E-state index in [1.165, 1.54) is 4.90 Å². The van der Waals surface area contributed by atoms with Crippen molar-refractivity contribution in [1.82, 2.24) is 9.80 Å². The molecule has 0 spiro atoms. The Morgan fingerprint density at radius 1 is 0.848 bits per heavy atom. The normalized spacial score (nSPS) is 16.8. The maximum atomic E-state index is 13.4. The first-order valence-electron chi connectivity index (χ1n) is 11.3. The molecule has 2 aliphatic rings. The molecule has 2 amide bonds. The highest BCUT2D eigenvalue weighted by Crippen LogP contribution is 2.34. The molecule has 0 saturated carbocycles. The second-order valence-electron chi connectivity index (χ2n) is 8.34. The predicted molar refractivity (Wildman–Crippen MR) is 128 cm³/mol. The Morgan fingerprint density at radius 3 is 2.18 bits per heavy atom. The Hall–Kier alpha value is -3.32. The van der Waals surface area contributed by atoms with Crippen molar-refractivity contribution >= 4 is 23.1 Å². The van der Waals surface area contributed by atoms with Crippen molar-refractivity contribution in [3.8, 4) is 5.75 Å². The average molecular weight is 450 g/mol. The van der Waals surface area contributed by atoms with Gasteiger partial charge in [0.2, 0.25) is 0 Å². The van der Waals surface area contributed by atoms with Crippen LogP contribution in [0.15, 0.2) is 54.2 Å². The molecule has 7 nitrogen and oxygen atoms in total. The number of anilines is 1. The molecule has 1 saturated heterocycles. The number of hydrogen-bond donors (Lipinski definition) is 0. The van der Waals surface area contributed by atoms with Crippen LogP contribution in [-0.4, -0.2) is 75.2 Å². The Labute approximate surface area is 195 Å². The Kier molecular flexibility index (Phi) is 6.99. The zero-order chi connectivity index (χ0) is 23.4. The first-order valence-corrected chi connectivity index (χ1v) is 11.3. The second-order valence-corrected chi connectivity index (χ2v) is 8.34. The predicted octanol–water partition coefficient (Wildman–Crippen LogP) is 2.94. The van der Waals surface area contributed by atoms with Crippen LogP contribution in [0.4, 0.5) is 5.69 Å². The van der Waals surface area contributed by atoms with E-state index in [-0.39, 0.29) is 11.8 Å². The highest BCUT2D eigenvalue weighted by Gasteiger charge is 2.41. The molecule has 4 rings (SSSR count). The summed E-state index contributed by atoms with van der Waals surface area (Å²) in [5.74, 6) is 0.404. The van der Waals surface area contributed by atoms with Gasteiger partial charge in [0.15, 0.2) is 0 Å². The summed E-state index contributed by atoms with van der Waals surface area (Å²) in [4.78, 5) is 32.5. The van der Waals surface area contributed by atoms with E-state index in [0.717, 1.165) is 35.7 Å². The molecule has 0 radical (unpaired) electrons. The van der Waals surface area contributed by atoms with Gasteiger partial charge in [-0.2, -0.15) is 0 Å². The van der Waals surface area contributed by atoms with Gasteiger partial charge in [-0.15, -0.1) is 0 Å². The fraction of sp³-hybridized carbons (Fsp3) is 0.385. The first-order chi connectivity index (χ1) is 16.0.